The van der Waals surface area contributed by atoms with Gasteiger partial charge in [-0.25, -0.2) is 9.97 Å². The Hall–Kier alpha value is -1.71. The van der Waals surface area contributed by atoms with E-state index in [2.05, 4.69) is 21.3 Å². The van der Waals surface area contributed by atoms with E-state index in [0.29, 0.717) is 5.65 Å². The van der Waals surface area contributed by atoms with E-state index in [4.69, 9.17) is 0 Å². The minimum Gasteiger partial charge on any atom is -0.306 e. The van der Waals surface area contributed by atoms with Gasteiger partial charge >= 0.3 is 0 Å². The third-order valence-electron chi connectivity index (χ3n) is 1.35. The molecular weight excluding hydrogens is 142 g/mol. The zero-order chi connectivity index (χ0) is 7.68. The number of nitrogens with one attached hydrogen (secondary N) is 1. The maximum atomic E-state index is 10.8. The van der Waals surface area contributed by atoms with Gasteiger partial charge in [0.25, 0.3) is 0 Å². The van der Waals surface area contributed by atoms with Gasteiger partial charge in [-0.2, -0.15) is 0 Å². The number of hydrogen-bond acceptors (Lipinski definition) is 3. The fourth-order valence-corrected chi connectivity index (χ4v) is 0.849. The van der Waals surface area contributed by atoms with E-state index in [1.165, 1.54) is 6.07 Å². The SMILES string of the molecule is O=c1ccc2cn[c]nc2[nH]1. The van der Waals surface area contributed by atoms with Crippen molar-refractivity contribution in [3.8, 4) is 0 Å². The Morgan fingerprint density at radius 2 is 2.36 bits per heavy atom. The molecule has 0 unspecified atom stereocenters. The molecule has 2 rings (SSSR count). The Bertz CT molecular complexity index is 435. The summed E-state index contributed by atoms with van der Waals surface area (Å²) in [6, 6.07) is 3.10. The number of hydrogen-bond donors (Lipinski definition) is 1. The molecule has 0 aliphatic rings. The van der Waals surface area contributed by atoms with Crippen LogP contribution >= 0.6 is 0 Å². The van der Waals surface area contributed by atoms with Gasteiger partial charge in [-0.3, -0.25) is 4.79 Å². The molecule has 0 aromatic carbocycles. The molecule has 0 spiro atoms. The summed E-state index contributed by atoms with van der Waals surface area (Å²) < 4.78 is 0. The number of aromatic amines is 1. The molecule has 0 bridgehead atoms. The number of pyridine rings is 1. The summed E-state index contributed by atoms with van der Waals surface area (Å²) in [6.45, 7) is 0. The highest BCUT2D eigenvalue weighted by atomic mass is 16.1. The van der Waals surface area contributed by atoms with Crippen LogP contribution in [0, 0.1) is 6.33 Å². The van der Waals surface area contributed by atoms with E-state index >= 15 is 0 Å². The highest BCUT2D eigenvalue weighted by Gasteiger charge is 1.92. The average molecular weight is 146 g/mol. The fourth-order valence-electron chi connectivity index (χ4n) is 0.849. The molecule has 2 aromatic heterocycles. The predicted octanol–water partition coefficient (Wildman–Crippen LogP) is 0.118. The van der Waals surface area contributed by atoms with Crippen LogP contribution in [0.3, 0.4) is 0 Å². The molecule has 4 nitrogen and oxygen atoms in total. The van der Waals surface area contributed by atoms with Gasteiger partial charge in [-0.05, 0) is 6.07 Å². The lowest BCUT2D eigenvalue weighted by molar-refractivity contribution is 1.15. The van der Waals surface area contributed by atoms with Crippen LogP contribution in [-0.4, -0.2) is 15.0 Å². The molecule has 53 valence electrons. The van der Waals surface area contributed by atoms with Crippen LogP contribution in [0.4, 0.5) is 0 Å². The van der Waals surface area contributed by atoms with Crippen molar-refractivity contribution in [2.75, 3.05) is 0 Å². The number of H-pyrrole nitrogens is 1. The third-order valence-corrected chi connectivity index (χ3v) is 1.35. The summed E-state index contributed by atoms with van der Waals surface area (Å²) >= 11 is 0. The molecule has 0 aliphatic carbocycles. The molecule has 11 heavy (non-hydrogen) atoms. The number of aromatic nitrogens is 3. The average Bonchev–Trinajstić information content (AvgIpc) is 2.04. The maximum absolute atomic E-state index is 10.8. The summed E-state index contributed by atoms with van der Waals surface area (Å²) in [5, 5.41) is 0.809. The first-order chi connectivity index (χ1) is 5.36. The molecule has 2 aromatic rings. The van der Waals surface area contributed by atoms with Crippen molar-refractivity contribution in [3.63, 3.8) is 0 Å². The molecule has 1 N–H and O–H groups in total. The highest BCUT2D eigenvalue weighted by molar-refractivity contribution is 5.72. The Morgan fingerprint density at radius 1 is 1.45 bits per heavy atom. The lowest BCUT2D eigenvalue weighted by atomic mass is 10.3. The van der Waals surface area contributed by atoms with Crippen LogP contribution in [0.15, 0.2) is 23.1 Å². The standard InChI is InChI=1S/C7H4N3O/c11-6-2-1-5-3-8-4-9-7(5)10-6/h1-3H,(H,8,9,10,11). The van der Waals surface area contributed by atoms with E-state index in [9.17, 15) is 4.79 Å². The number of nitrogens with zero attached hydrogens (tertiary/aromatic N) is 2. The van der Waals surface area contributed by atoms with Crippen LogP contribution in [0.25, 0.3) is 11.0 Å². The lowest BCUT2D eigenvalue weighted by Gasteiger charge is -1.90. The third kappa shape index (κ3) is 0.980. The molecule has 0 aliphatic heterocycles. The molecule has 0 amide bonds. The molecular formula is C7H4N3O. The summed E-state index contributed by atoms with van der Waals surface area (Å²) in [5.41, 5.74) is 0.358. The van der Waals surface area contributed by atoms with Gasteiger partial charge in [-0.1, -0.05) is 0 Å². The predicted molar refractivity (Wildman–Crippen MR) is 39.0 cm³/mol. The van der Waals surface area contributed by atoms with Crippen molar-refractivity contribution in [1.29, 1.82) is 0 Å². The van der Waals surface area contributed by atoms with Crippen LogP contribution in [0.2, 0.25) is 0 Å². The minimum atomic E-state index is -0.162. The normalized spacial score (nSPS) is 10.2. The topological polar surface area (TPSA) is 58.6 Å². The molecule has 0 saturated heterocycles. The smallest absolute Gasteiger partial charge is 0.249 e. The van der Waals surface area contributed by atoms with E-state index in [1.54, 1.807) is 12.3 Å². The van der Waals surface area contributed by atoms with Crippen molar-refractivity contribution in [1.82, 2.24) is 15.0 Å². The molecule has 2 heterocycles. The Kier molecular flexibility index (Phi) is 1.18. The monoisotopic (exact) mass is 146 g/mol. The molecule has 0 saturated carbocycles. The summed E-state index contributed by atoms with van der Waals surface area (Å²) in [6.07, 6.45) is 3.99. The van der Waals surface area contributed by atoms with Crippen molar-refractivity contribution in [2.24, 2.45) is 0 Å². The van der Waals surface area contributed by atoms with Gasteiger partial charge in [0, 0.05) is 17.6 Å². The first-order valence-electron chi connectivity index (χ1n) is 3.08. The molecule has 1 radical (unpaired) electrons. The van der Waals surface area contributed by atoms with Gasteiger partial charge in [0.2, 0.25) is 5.56 Å². The first kappa shape index (κ1) is 6.03. The fraction of sp³-hybridized carbons (Fsp3) is 0. The summed E-state index contributed by atoms with van der Waals surface area (Å²) in [7, 11) is 0. The zero-order valence-corrected chi connectivity index (χ0v) is 5.53. The van der Waals surface area contributed by atoms with Crippen molar-refractivity contribution in [2.45, 2.75) is 0 Å². The van der Waals surface area contributed by atoms with Crippen LogP contribution < -0.4 is 5.56 Å². The van der Waals surface area contributed by atoms with Crippen LogP contribution in [-0.2, 0) is 0 Å². The van der Waals surface area contributed by atoms with E-state index in [0.717, 1.165) is 5.39 Å². The van der Waals surface area contributed by atoms with Gasteiger partial charge in [0.15, 0.2) is 6.33 Å². The van der Waals surface area contributed by atoms with Gasteiger partial charge in [0.1, 0.15) is 5.65 Å². The van der Waals surface area contributed by atoms with Crippen LogP contribution in [0.5, 0.6) is 0 Å². The summed E-state index contributed by atoms with van der Waals surface area (Å²) in [5.74, 6) is 0. The Labute approximate surface area is 61.9 Å². The largest absolute Gasteiger partial charge is 0.306 e. The Morgan fingerprint density at radius 3 is 3.27 bits per heavy atom. The van der Waals surface area contributed by atoms with Crippen LogP contribution in [0.1, 0.15) is 0 Å². The molecule has 0 atom stereocenters. The van der Waals surface area contributed by atoms with Gasteiger partial charge in [0.05, 0.1) is 0 Å². The molecule has 4 heteroatoms. The quantitative estimate of drug-likeness (QED) is 0.574. The van der Waals surface area contributed by atoms with Crippen molar-refractivity contribution in [3.05, 3.63) is 35.0 Å². The first-order valence-corrected chi connectivity index (χ1v) is 3.08. The van der Waals surface area contributed by atoms with E-state index in [-0.39, 0.29) is 5.56 Å². The summed E-state index contributed by atoms with van der Waals surface area (Å²) in [4.78, 5) is 20.7. The second kappa shape index (κ2) is 2.16. The van der Waals surface area contributed by atoms with Crippen molar-refractivity contribution >= 4 is 11.0 Å². The minimum absolute atomic E-state index is 0.162. The number of rotatable bonds is 0. The van der Waals surface area contributed by atoms with E-state index in [1.807, 2.05) is 0 Å². The Balaban J connectivity index is 2.94. The van der Waals surface area contributed by atoms with Gasteiger partial charge in [-0.15, -0.1) is 0 Å². The van der Waals surface area contributed by atoms with Gasteiger partial charge < -0.3 is 4.98 Å². The second-order valence-corrected chi connectivity index (χ2v) is 2.10. The molecule has 0 fully saturated rings. The maximum Gasteiger partial charge on any atom is 0.249 e. The highest BCUT2D eigenvalue weighted by Crippen LogP contribution is 2.00. The zero-order valence-electron chi connectivity index (χ0n) is 5.53. The van der Waals surface area contributed by atoms with Crippen molar-refractivity contribution < 1.29 is 0 Å². The van der Waals surface area contributed by atoms with E-state index < -0.39 is 0 Å². The number of fused-ring (bicyclic) bond motifs is 1. The lowest BCUT2D eigenvalue weighted by Crippen LogP contribution is -2.03. The second-order valence-electron chi connectivity index (χ2n) is 2.10.